The van der Waals surface area contributed by atoms with Crippen LogP contribution < -0.4 is 5.32 Å². The number of nitrogens with zero attached hydrogens (tertiary/aromatic N) is 5. The number of H-pyrrole nitrogens is 1. The van der Waals surface area contributed by atoms with Gasteiger partial charge in [0.1, 0.15) is 17.5 Å². The number of anilines is 2. The molecular formula is C20H25N7. The Balaban J connectivity index is 1.59. The summed E-state index contributed by atoms with van der Waals surface area (Å²) in [5.74, 6) is 2.35. The summed E-state index contributed by atoms with van der Waals surface area (Å²) < 4.78 is 0. The molecule has 7 heteroatoms. The van der Waals surface area contributed by atoms with Gasteiger partial charge in [-0.2, -0.15) is 5.10 Å². The van der Waals surface area contributed by atoms with Crippen LogP contribution in [0, 0.1) is 13.8 Å². The smallest absolute Gasteiger partial charge is 0.135 e. The van der Waals surface area contributed by atoms with Gasteiger partial charge in [0.15, 0.2) is 0 Å². The molecule has 0 unspecified atom stereocenters. The van der Waals surface area contributed by atoms with Crippen molar-refractivity contribution in [3.05, 3.63) is 59.4 Å². The highest BCUT2D eigenvalue weighted by Gasteiger charge is 2.26. The molecule has 2 N–H and O–H groups in total. The molecule has 1 aliphatic rings. The molecule has 1 saturated heterocycles. The summed E-state index contributed by atoms with van der Waals surface area (Å²) in [6.07, 6.45) is 7.25. The van der Waals surface area contributed by atoms with Crippen molar-refractivity contribution in [2.45, 2.75) is 45.7 Å². The molecule has 3 aromatic heterocycles. The Morgan fingerprint density at radius 2 is 2.11 bits per heavy atom. The Kier molecular flexibility index (Phi) is 5.11. The number of hydrogen-bond acceptors (Lipinski definition) is 6. The predicted molar refractivity (Wildman–Crippen MR) is 105 cm³/mol. The zero-order valence-corrected chi connectivity index (χ0v) is 15.8. The third-order valence-electron chi connectivity index (χ3n) is 5.04. The summed E-state index contributed by atoms with van der Waals surface area (Å²) in [6, 6.07) is 8.15. The van der Waals surface area contributed by atoms with E-state index < -0.39 is 0 Å². The molecule has 0 aliphatic carbocycles. The van der Waals surface area contributed by atoms with Crippen LogP contribution in [-0.2, 0) is 6.54 Å². The fraction of sp³-hybridized carbons (Fsp3) is 0.400. The van der Waals surface area contributed by atoms with E-state index in [9.17, 15) is 0 Å². The maximum Gasteiger partial charge on any atom is 0.135 e. The minimum Gasteiger partial charge on any atom is -0.325 e. The Morgan fingerprint density at radius 3 is 2.89 bits per heavy atom. The maximum absolute atomic E-state index is 4.76. The number of aryl methyl sites for hydroxylation is 2. The predicted octanol–water partition coefficient (Wildman–Crippen LogP) is 3.68. The molecule has 1 atom stereocenters. The second kappa shape index (κ2) is 7.84. The zero-order chi connectivity index (χ0) is 18.6. The van der Waals surface area contributed by atoms with Gasteiger partial charge in [0.25, 0.3) is 0 Å². The van der Waals surface area contributed by atoms with Crippen LogP contribution in [0.2, 0.25) is 0 Å². The highest BCUT2D eigenvalue weighted by atomic mass is 15.2. The number of nitrogens with one attached hydrogen (secondary N) is 2. The number of likely N-dealkylation sites (tertiary alicyclic amines) is 1. The van der Waals surface area contributed by atoms with E-state index in [2.05, 4.69) is 43.4 Å². The number of aromatic amines is 1. The molecule has 27 heavy (non-hydrogen) atoms. The first-order valence-corrected chi connectivity index (χ1v) is 9.45. The molecule has 7 nitrogen and oxygen atoms in total. The maximum atomic E-state index is 4.76. The van der Waals surface area contributed by atoms with E-state index in [0.29, 0.717) is 6.04 Å². The third kappa shape index (κ3) is 4.14. The molecule has 0 bridgehead atoms. The van der Waals surface area contributed by atoms with Gasteiger partial charge in [0, 0.05) is 30.1 Å². The third-order valence-corrected chi connectivity index (χ3v) is 5.04. The lowest BCUT2D eigenvalue weighted by atomic mass is 9.98. The van der Waals surface area contributed by atoms with Crippen LogP contribution >= 0.6 is 0 Å². The normalized spacial score (nSPS) is 17.8. The molecule has 4 rings (SSSR count). The van der Waals surface area contributed by atoms with E-state index in [1.807, 2.05) is 31.3 Å². The molecular weight excluding hydrogens is 338 g/mol. The molecule has 0 spiro atoms. The van der Waals surface area contributed by atoms with Crippen LogP contribution in [0.25, 0.3) is 0 Å². The van der Waals surface area contributed by atoms with Gasteiger partial charge < -0.3 is 5.32 Å². The summed E-state index contributed by atoms with van der Waals surface area (Å²) in [5.41, 5.74) is 3.46. The van der Waals surface area contributed by atoms with Crippen LogP contribution in [0.4, 0.5) is 11.6 Å². The van der Waals surface area contributed by atoms with Gasteiger partial charge in [0.05, 0.1) is 17.9 Å². The highest BCUT2D eigenvalue weighted by molar-refractivity contribution is 5.51. The van der Waals surface area contributed by atoms with Crippen molar-refractivity contribution in [3.63, 3.8) is 0 Å². The summed E-state index contributed by atoms with van der Waals surface area (Å²) >= 11 is 0. The number of pyridine rings is 1. The van der Waals surface area contributed by atoms with E-state index in [1.165, 1.54) is 18.4 Å². The highest BCUT2D eigenvalue weighted by Crippen LogP contribution is 2.32. The van der Waals surface area contributed by atoms with Crippen LogP contribution in [0.3, 0.4) is 0 Å². The number of hydrogen-bond donors (Lipinski definition) is 2. The Bertz CT molecular complexity index is 890. The molecule has 0 saturated carbocycles. The van der Waals surface area contributed by atoms with Gasteiger partial charge in [-0.1, -0.05) is 12.5 Å². The van der Waals surface area contributed by atoms with E-state index in [1.54, 1.807) is 6.20 Å². The van der Waals surface area contributed by atoms with Crippen LogP contribution in [-0.4, -0.2) is 36.6 Å². The van der Waals surface area contributed by atoms with Crippen molar-refractivity contribution in [2.24, 2.45) is 0 Å². The average molecular weight is 363 g/mol. The van der Waals surface area contributed by atoms with Crippen LogP contribution in [0.5, 0.6) is 0 Å². The van der Waals surface area contributed by atoms with Crippen LogP contribution in [0.15, 0.2) is 36.7 Å². The lowest BCUT2D eigenvalue weighted by Gasteiger charge is -2.35. The van der Waals surface area contributed by atoms with E-state index in [4.69, 9.17) is 4.98 Å². The molecule has 4 heterocycles. The number of piperidine rings is 1. The molecule has 1 aliphatic heterocycles. The van der Waals surface area contributed by atoms with Gasteiger partial charge in [-0.15, -0.1) is 0 Å². The van der Waals surface area contributed by atoms with Crippen molar-refractivity contribution < 1.29 is 0 Å². The van der Waals surface area contributed by atoms with Gasteiger partial charge in [-0.3, -0.25) is 10.00 Å². The first kappa shape index (κ1) is 17.6. The SMILES string of the molecule is Cc1nc(Nc2ccccn2)cc([C@H]2CCCCN2Cc2cn[nH]c2C)n1. The van der Waals surface area contributed by atoms with Gasteiger partial charge in [-0.25, -0.2) is 15.0 Å². The van der Waals surface area contributed by atoms with Crippen molar-refractivity contribution in [2.75, 3.05) is 11.9 Å². The van der Waals surface area contributed by atoms with E-state index in [0.717, 1.165) is 48.4 Å². The Labute approximate surface area is 159 Å². The fourth-order valence-corrected chi connectivity index (χ4v) is 3.66. The van der Waals surface area contributed by atoms with E-state index >= 15 is 0 Å². The first-order valence-electron chi connectivity index (χ1n) is 9.45. The molecule has 140 valence electrons. The molecule has 0 aromatic carbocycles. The molecule has 3 aromatic rings. The van der Waals surface area contributed by atoms with Gasteiger partial charge >= 0.3 is 0 Å². The second-order valence-corrected chi connectivity index (χ2v) is 7.07. The van der Waals surface area contributed by atoms with Crippen molar-refractivity contribution in [1.29, 1.82) is 0 Å². The average Bonchev–Trinajstić information content (AvgIpc) is 3.07. The lowest BCUT2D eigenvalue weighted by Crippen LogP contribution is -2.33. The number of rotatable bonds is 5. The van der Waals surface area contributed by atoms with Gasteiger partial charge in [0.2, 0.25) is 0 Å². The fourth-order valence-electron chi connectivity index (χ4n) is 3.66. The Morgan fingerprint density at radius 1 is 1.19 bits per heavy atom. The Hall–Kier alpha value is -2.80. The molecule has 0 radical (unpaired) electrons. The van der Waals surface area contributed by atoms with Crippen molar-refractivity contribution >= 4 is 11.6 Å². The molecule has 1 fully saturated rings. The van der Waals surface area contributed by atoms with Crippen molar-refractivity contribution in [1.82, 2.24) is 30.0 Å². The topological polar surface area (TPSA) is 82.6 Å². The summed E-state index contributed by atoms with van der Waals surface area (Å²) in [6.45, 7) is 5.98. The lowest BCUT2D eigenvalue weighted by molar-refractivity contribution is 0.137. The van der Waals surface area contributed by atoms with E-state index in [-0.39, 0.29) is 0 Å². The molecule has 0 amide bonds. The standard InChI is InChI=1S/C20H25N7/c1-14-16(12-22-26-14)13-27-10-6-4-7-18(27)17-11-20(24-15(2)23-17)25-19-8-3-5-9-21-19/h3,5,8-9,11-12,18H,4,6-7,10,13H2,1-2H3,(H,22,26)(H,21,23,24,25)/t18-/m1/s1. The number of aromatic nitrogens is 5. The summed E-state index contributed by atoms with van der Waals surface area (Å²) in [4.78, 5) is 16.1. The zero-order valence-electron chi connectivity index (χ0n) is 15.8. The monoisotopic (exact) mass is 363 g/mol. The minimum atomic E-state index is 0.291. The van der Waals surface area contributed by atoms with Crippen LogP contribution in [0.1, 0.15) is 48.1 Å². The summed E-state index contributed by atoms with van der Waals surface area (Å²) in [7, 11) is 0. The quantitative estimate of drug-likeness (QED) is 0.719. The largest absolute Gasteiger partial charge is 0.325 e. The first-order chi connectivity index (χ1) is 13.2. The minimum absolute atomic E-state index is 0.291. The van der Waals surface area contributed by atoms with Crippen molar-refractivity contribution in [3.8, 4) is 0 Å². The second-order valence-electron chi connectivity index (χ2n) is 7.07. The van der Waals surface area contributed by atoms with Gasteiger partial charge in [-0.05, 0) is 45.4 Å². The summed E-state index contributed by atoms with van der Waals surface area (Å²) in [5, 5.41) is 10.5.